The molecule has 0 aliphatic carbocycles. The summed E-state index contributed by atoms with van der Waals surface area (Å²) in [5, 5.41) is 16.7. The molecule has 5 rings (SSSR count). The molecule has 0 spiro atoms. The fourth-order valence-electron chi connectivity index (χ4n) is 3.63. The molecule has 3 aromatic carbocycles. The smallest absolute Gasteiger partial charge is 0.282 e. The predicted octanol–water partition coefficient (Wildman–Crippen LogP) is 3.46. The Morgan fingerprint density at radius 3 is 2.69 bits per heavy atom. The normalized spacial score (nSPS) is 11.3. The lowest BCUT2D eigenvalue weighted by atomic mass is 10.2. The molecule has 1 amide bonds. The van der Waals surface area contributed by atoms with E-state index in [1.165, 1.54) is 24.4 Å². The number of benzene rings is 3. The molecule has 11 heteroatoms. The van der Waals surface area contributed by atoms with E-state index in [1.54, 1.807) is 36.4 Å². The fraction of sp³-hybridized carbons (Fsp3) is 0.0400. The van der Waals surface area contributed by atoms with Crippen molar-refractivity contribution in [2.45, 2.75) is 0 Å². The molecule has 178 valence electrons. The number of fused-ring (bicyclic) bond motifs is 2. The minimum atomic E-state index is -0.724. The first-order chi connectivity index (χ1) is 17.4. The van der Waals surface area contributed by atoms with E-state index in [2.05, 4.69) is 10.1 Å². The summed E-state index contributed by atoms with van der Waals surface area (Å²) in [5.41, 5.74) is 5.65. The van der Waals surface area contributed by atoms with Gasteiger partial charge in [0, 0.05) is 23.1 Å². The average molecular weight is 483 g/mol. The lowest BCUT2D eigenvalue weighted by molar-refractivity contribution is -0.384. The zero-order valence-electron chi connectivity index (χ0n) is 18.5. The SMILES string of the molecule is NC(=O)COc1ccc([N+](=O)[O-])cc1C=Nn1c(-c2cc3ccccc3o2)nc2ccccc2c1=O. The number of non-ortho nitro benzene ring substituents is 1. The maximum Gasteiger partial charge on any atom is 0.282 e. The first-order valence-corrected chi connectivity index (χ1v) is 10.7. The summed E-state index contributed by atoms with van der Waals surface area (Å²) in [6.07, 6.45) is 1.22. The van der Waals surface area contributed by atoms with Gasteiger partial charge < -0.3 is 14.9 Å². The lowest BCUT2D eigenvalue weighted by Gasteiger charge is -2.09. The Morgan fingerprint density at radius 1 is 1.14 bits per heavy atom. The third-order valence-corrected chi connectivity index (χ3v) is 5.29. The summed E-state index contributed by atoms with van der Waals surface area (Å²) in [6.45, 7) is -0.444. The molecular formula is C25H17N5O6. The van der Waals surface area contributed by atoms with Crippen molar-refractivity contribution in [2.24, 2.45) is 10.8 Å². The Balaban J connectivity index is 1.69. The highest BCUT2D eigenvalue weighted by Crippen LogP contribution is 2.27. The number of furan rings is 1. The van der Waals surface area contributed by atoms with Crippen LogP contribution in [0.15, 0.2) is 87.1 Å². The molecule has 11 nitrogen and oxygen atoms in total. The molecular weight excluding hydrogens is 466 g/mol. The Bertz CT molecular complexity index is 1700. The van der Waals surface area contributed by atoms with Gasteiger partial charge in [-0.2, -0.15) is 9.78 Å². The van der Waals surface area contributed by atoms with Gasteiger partial charge in [-0.3, -0.25) is 19.7 Å². The topological polar surface area (TPSA) is 156 Å². The van der Waals surface area contributed by atoms with Crippen LogP contribution in [0.2, 0.25) is 0 Å². The molecule has 0 radical (unpaired) electrons. The van der Waals surface area contributed by atoms with Crippen molar-refractivity contribution in [1.29, 1.82) is 0 Å². The van der Waals surface area contributed by atoms with Crippen molar-refractivity contribution in [3.8, 4) is 17.3 Å². The minimum absolute atomic E-state index is 0.121. The van der Waals surface area contributed by atoms with Gasteiger partial charge in [0.1, 0.15) is 11.3 Å². The molecule has 0 saturated carbocycles. The second kappa shape index (κ2) is 9.14. The van der Waals surface area contributed by atoms with Gasteiger partial charge in [0.2, 0.25) is 5.82 Å². The van der Waals surface area contributed by atoms with Crippen molar-refractivity contribution < 1.29 is 18.9 Å². The molecule has 5 aromatic rings. The molecule has 36 heavy (non-hydrogen) atoms. The standard InChI is InChI=1S/C25H17N5O6/c26-23(31)14-35-20-10-9-17(30(33)34)11-16(20)13-27-29-24(22-12-15-5-1-4-8-21(15)36-22)28-19-7-3-2-6-18(19)25(29)32/h1-13H,14H2,(H2,26,31). The van der Waals surface area contributed by atoms with Gasteiger partial charge in [-0.25, -0.2) is 4.98 Å². The minimum Gasteiger partial charge on any atom is -0.483 e. The number of amides is 1. The van der Waals surface area contributed by atoms with E-state index in [0.29, 0.717) is 22.2 Å². The number of nitrogens with two attached hydrogens (primary N) is 1. The summed E-state index contributed by atoms with van der Waals surface area (Å²) >= 11 is 0. The number of aromatic nitrogens is 2. The van der Waals surface area contributed by atoms with Crippen LogP contribution in [0.25, 0.3) is 33.5 Å². The maximum absolute atomic E-state index is 13.4. The van der Waals surface area contributed by atoms with Crippen molar-refractivity contribution in [3.63, 3.8) is 0 Å². The van der Waals surface area contributed by atoms with Gasteiger partial charge in [0.05, 0.1) is 22.0 Å². The lowest BCUT2D eigenvalue weighted by Crippen LogP contribution is -2.21. The number of carbonyl (C=O) groups is 1. The van der Waals surface area contributed by atoms with E-state index >= 15 is 0 Å². The Morgan fingerprint density at radius 2 is 1.92 bits per heavy atom. The molecule has 0 saturated heterocycles. The molecule has 2 heterocycles. The van der Waals surface area contributed by atoms with Crippen LogP contribution >= 0.6 is 0 Å². The number of para-hydroxylation sites is 2. The van der Waals surface area contributed by atoms with Crippen LogP contribution in [0.5, 0.6) is 5.75 Å². The molecule has 0 aliphatic rings. The molecule has 0 atom stereocenters. The molecule has 0 fully saturated rings. The van der Waals surface area contributed by atoms with Crippen LogP contribution in [0.1, 0.15) is 5.56 Å². The molecule has 0 aliphatic heterocycles. The highest BCUT2D eigenvalue weighted by molar-refractivity contribution is 5.87. The van der Waals surface area contributed by atoms with Gasteiger partial charge in [-0.05, 0) is 30.3 Å². The number of hydrogen-bond donors (Lipinski definition) is 1. The predicted molar refractivity (Wildman–Crippen MR) is 132 cm³/mol. The number of rotatable bonds is 7. The number of nitrogens with zero attached hydrogens (tertiary/aromatic N) is 4. The van der Waals surface area contributed by atoms with E-state index in [9.17, 15) is 19.7 Å². The van der Waals surface area contributed by atoms with Gasteiger partial charge in [0.15, 0.2) is 12.4 Å². The molecule has 2 N–H and O–H groups in total. The Hall–Kier alpha value is -5.32. The number of carbonyl (C=O) groups excluding carboxylic acids is 1. The fourth-order valence-corrected chi connectivity index (χ4v) is 3.63. The highest BCUT2D eigenvalue weighted by atomic mass is 16.6. The van der Waals surface area contributed by atoms with Crippen LogP contribution in [-0.2, 0) is 4.79 Å². The van der Waals surface area contributed by atoms with Crippen molar-refractivity contribution in [1.82, 2.24) is 9.66 Å². The van der Waals surface area contributed by atoms with Gasteiger partial charge >= 0.3 is 0 Å². The first-order valence-electron chi connectivity index (χ1n) is 10.7. The average Bonchev–Trinajstić information content (AvgIpc) is 3.31. The van der Waals surface area contributed by atoms with Crippen LogP contribution in [0, 0.1) is 10.1 Å². The van der Waals surface area contributed by atoms with Gasteiger partial charge in [-0.1, -0.05) is 30.3 Å². The van der Waals surface area contributed by atoms with Crippen molar-refractivity contribution in [3.05, 3.63) is 98.8 Å². The van der Waals surface area contributed by atoms with Crippen LogP contribution in [-0.4, -0.2) is 33.3 Å². The monoisotopic (exact) mass is 483 g/mol. The third kappa shape index (κ3) is 4.28. The summed E-state index contributed by atoms with van der Waals surface area (Å²) in [7, 11) is 0. The van der Waals surface area contributed by atoms with E-state index in [0.717, 1.165) is 10.1 Å². The second-order valence-corrected chi connectivity index (χ2v) is 7.70. The zero-order chi connectivity index (χ0) is 25.2. The van der Waals surface area contributed by atoms with E-state index < -0.39 is 23.0 Å². The number of ether oxygens (including phenoxy) is 1. The van der Waals surface area contributed by atoms with Gasteiger partial charge in [0.25, 0.3) is 17.2 Å². The Labute approximate surface area is 202 Å². The summed E-state index contributed by atoms with van der Waals surface area (Å²) in [6, 6.07) is 19.6. The highest BCUT2D eigenvalue weighted by Gasteiger charge is 2.17. The summed E-state index contributed by atoms with van der Waals surface area (Å²) in [4.78, 5) is 39.9. The van der Waals surface area contributed by atoms with Crippen molar-refractivity contribution in [2.75, 3.05) is 6.61 Å². The molecule has 0 bridgehead atoms. The second-order valence-electron chi connectivity index (χ2n) is 7.70. The number of nitro groups is 1. The molecule has 0 unspecified atom stereocenters. The van der Waals surface area contributed by atoms with E-state index in [1.807, 2.05) is 18.2 Å². The third-order valence-electron chi connectivity index (χ3n) is 5.29. The largest absolute Gasteiger partial charge is 0.483 e. The zero-order valence-corrected chi connectivity index (χ0v) is 18.5. The summed E-state index contributed by atoms with van der Waals surface area (Å²) < 4.78 is 12.3. The van der Waals surface area contributed by atoms with Gasteiger partial charge in [-0.15, -0.1) is 0 Å². The van der Waals surface area contributed by atoms with Crippen molar-refractivity contribution >= 4 is 39.7 Å². The van der Waals surface area contributed by atoms with E-state index in [4.69, 9.17) is 14.9 Å². The maximum atomic E-state index is 13.4. The first kappa shape index (κ1) is 22.5. The quantitative estimate of drug-likeness (QED) is 0.211. The van der Waals surface area contributed by atoms with E-state index in [-0.39, 0.29) is 22.8 Å². The van der Waals surface area contributed by atoms with Crippen LogP contribution in [0.3, 0.4) is 0 Å². The number of primary amides is 1. The number of hydrogen-bond acceptors (Lipinski definition) is 8. The Kier molecular flexibility index (Phi) is 5.71. The number of nitro benzene ring substituents is 1. The molecule has 2 aromatic heterocycles. The van der Waals surface area contributed by atoms with Crippen LogP contribution < -0.4 is 16.0 Å². The summed E-state index contributed by atoms with van der Waals surface area (Å²) in [5.74, 6) is -0.162. The van der Waals surface area contributed by atoms with Crippen LogP contribution in [0.4, 0.5) is 5.69 Å².